The number of hydrogen-bond donors (Lipinski definition) is 0. The van der Waals surface area contributed by atoms with Crippen molar-refractivity contribution in [1.82, 2.24) is 0 Å². The van der Waals surface area contributed by atoms with Gasteiger partial charge in [-0.25, -0.2) is 9.18 Å². The van der Waals surface area contributed by atoms with E-state index in [4.69, 9.17) is 9.47 Å². The number of Topliss-reactive ketones (excluding diaryl/α,β-unsaturated/α-hetero) is 2. The first kappa shape index (κ1) is 20.4. The van der Waals surface area contributed by atoms with Crippen molar-refractivity contribution in [2.45, 2.75) is 44.4 Å². The maximum atomic E-state index is 14.0. The van der Waals surface area contributed by atoms with Gasteiger partial charge in [0, 0.05) is 42.7 Å². The Balaban J connectivity index is 1.54. The van der Waals surface area contributed by atoms with Crippen molar-refractivity contribution in [3.8, 4) is 5.75 Å². The molecule has 5 nitrogen and oxygen atoms in total. The van der Waals surface area contributed by atoms with Crippen LogP contribution in [0.1, 0.15) is 60.4 Å². The van der Waals surface area contributed by atoms with Crippen molar-refractivity contribution in [3.63, 3.8) is 0 Å². The van der Waals surface area contributed by atoms with Gasteiger partial charge in [0.1, 0.15) is 23.1 Å². The van der Waals surface area contributed by atoms with Gasteiger partial charge in [-0.05, 0) is 42.7 Å². The Morgan fingerprint density at radius 1 is 0.875 bits per heavy atom. The zero-order chi connectivity index (χ0) is 22.2. The highest BCUT2D eigenvalue weighted by molar-refractivity contribution is 6.05. The standard InChI is InChI=1S/C26H21FO5/c27-18-9-2-1-8-17(18)26(30)31-16-7-3-6-15(14-16)23-24-19(28)10-4-12-21(24)32-22-13-5-11-20(29)25(22)23/h1-3,6-9,14,23H,4-5,10-13H2. The molecule has 1 aliphatic heterocycles. The van der Waals surface area contributed by atoms with Crippen LogP contribution in [0.15, 0.2) is 71.2 Å². The maximum absolute atomic E-state index is 14.0. The third kappa shape index (κ3) is 3.55. The normalized spacial score (nSPS) is 18.8. The van der Waals surface area contributed by atoms with Crippen LogP contribution in [0.3, 0.4) is 0 Å². The van der Waals surface area contributed by atoms with Crippen LogP contribution in [-0.2, 0) is 14.3 Å². The quantitative estimate of drug-likeness (QED) is 0.494. The lowest BCUT2D eigenvalue weighted by Crippen LogP contribution is -2.30. The maximum Gasteiger partial charge on any atom is 0.346 e. The molecule has 0 N–H and O–H groups in total. The number of hydrogen-bond acceptors (Lipinski definition) is 5. The summed E-state index contributed by atoms with van der Waals surface area (Å²) in [5.74, 6) is -0.538. The van der Waals surface area contributed by atoms with Crippen molar-refractivity contribution in [2.24, 2.45) is 0 Å². The molecular weight excluding hydrogens is 411 g/mol. The van der Waals surface area contributed by atoms with E-state index in [0.29, 0.717) is 53.9 Å². The van der Waals surface area contributed by atoms with Crippen molar-refractivity contribution in [2.75, 3.05) is 0 Å². The summed E-state index contributed by atoms with van der Waals surface area (Å²) >= 11 is 0. The predicted molar refractivity (Wildman–Crippen MR) is 113 cm³/mol. The van der Waals surface area contributed by atoms with E-state index >= 15 is 0 Å². The van der Waals surface area contributed by atoms with E-state index in [-0.39, 0.29) is 22.9 Å². The molecule has 2 aliphatic carbocycles. The number of allylic oxidation sites excluding steroid dienone is 4. The molecule has 2 aromatic rings. The van der Waals surface area contributed by atoms with Gasteiger partial charge < -0.3 is 9.47 Å². The molecule has 0 fully saturated rings. The Morgan fingerprint density at radius 2 is 1.53 bits per heavy atom. The van der Waals surface area contributed by atoms with Crippen LogP contribution < -0.4 is 4.74 Å². The predicted octanol–water partition coefficient (Wildman–Crippen LogP) is 5.17. The van der Waals surface area contributed by atoms with Crippen molar-refractivity contribution >= 4 is 17.5 Å². The van der Waals surface area contributed by atoms with E-state index in [1.165, 1.54) is 18.2 Å². The number of carbonyl (C=O) groups is 3. The number of carbonyl (C=O) groups excluding carboxylic acids is 3. The molecule has 0 spiro atoms. The van der Waals surface area contributed by atoms with Crippen LogP contribution >= 0.6 is 0 Å². The molecule has 32 heavy (non-hydrogen) atoms. The molecule has 2 aromatic carbocycles. The minimum atomic E-state index is -0.811. The van der Waals surface area contributed by atoms with Gasteiger partial charge in [0.15, 0.2) is 11.6 Å². The summed E-state index contributed by atoms with van der Waals surface area (Å²) in [4.78, 5) is 38.2. The third-order valence-electron chi connectivity index (χ3n) is 6.14. The zero-order valence-electron chi connectivity index (χ0n) is 17.4. The fraction of sp³-hybridized carbons (Fsp3) is 0.269. The summed E-state index contributed by atoms with van der Waals surface area (Å²) in [5, 5.41) is 0. The first-order valence-electron chi connectivity index (χ1n) is 10.8. The minimum Gasteiger partial charge on any atom is -0.465 e. The van der Waals surface area contributed by atoms with Gasteiger partial charge in [0.05, 0.1) is 5.56 Å². The number of ketones is 2. The summed E-state index contributed by atoms with van der Waals surface area (Å²) in [5.41, 5.74) is 1.58. The second-order valence-corrected chi connectivity index (χ2v) is 8.20. The number of ether oxygens (including phenoxy) is 2. The summed E-state index contributed by atoms with van der Waals surface area (Å²) in [6, 6.07) is 12.4. The Labute approximate surface area is 184 Å². The van der Waals surface area contributed by atoms with E-state index in [1.807, 2.05) is 6.07 Å². The number of benzene rings is 2. The first-order valence-corrected chi connectivity index (χ1v) is 10.8. The van der Waals surface area contributed by atoms with Gasteiger partial charge >= 0.3 is 5.97 Å². The smallest absolute Gasteiger partial charge is 0.346 e. The molecule has 0 saturated carbocycles. The van der Waals surface area contributed by atoms with Crippen molar-refractivity contribution < 1.29 is 28.2 Å². The van der Waals surface area contributed by atoms with E-state index in [9.17, 15) is 18.8 Å². The molecule has 0 radical (unpaired) electrons. The van der Waals surface area contributed by atoms with Crippen molar-refractivity contribution in [3.05, 3.63) is 88.1 Å². The van der Waals surface area contributed by atoms with Gasteiger partial charge in [-0.15, -0.1) is 0 Å². The Kier molecular flexibility index (Phi) is 5.21. The molecule has 0 bridgehead atoms. The largest absolute Gasteiger partial charge is 0.465 e. The second kappa shape index (κ2) is 8.19. The minimum absolute atomic E-state index is 0.0186. The molecule has 0 amide bonds. The highest BCUT2D eigenvalue weighted by Gasteiger charge is 2.41. The van der Waals surface area contributed by atoms with Gasteiger partial charge in [0.2, 0.25) is 0 Å². The molecule has 0 unspecified atom stereocenters. The molecular formula is C26H21FO5. The number of esters is 1. The monoisotopic (exact) mass is 432 g/mol. The van der Waals surface area contributed by atoms with Gasteiger partial charge in [-0.3, -0.25) is 9.59 Å². The van der Waals surface area contributed by atoms with Gasteiger partial charge in [-0.2, -0.15) is 0 Å². The molecule has 0 saturated heterocycles. The highest BCUT2D eigenvalue weighted by atomic mass is 19.1. The van der Waals surface area contributed by atoms with E-state index in [1.54, 1.807) is 24.3 Å². The third-order valence-corrected chi connectivity index (χ3v) is 6.14. The zero-order valence-corrected chi connectivity index (χ0v) is 17.4. The summed E-state index contributed by atoms with van der Waals surface area (Å²) in [6.07, 6.45) is 3.59. The average molecular weight is 432 g/mol. The van der Waals surface area contributed by atoms with Crippen LogP contribution in [-0.4, -0.2) is 17.5 Å². The lowest BCUT2D eigenvalue weighted by Gasteiger charge is -2.36. The van der Waals surface area contributed by atoms with Gasteiger partial charge in [-0.1, -0.05) is 24.3 Å². The Hall–Kier alpha value is -3.54. The molecule has 3 aliphatic rings. The SMILES string of the molecule is O=C1CCCC2=C1C(c1cccc(OC(=O)c3ccccc3F)c1)C1=C(CCCC1=O)O2. The fourth-order valence-electron chi connectivity index (χ4n) is 4.70. The topological polar surface area (TPSA) is 69.7 Å². The first-order chi connectivity index (χ1) is 15.5. The summed E-state index contributed by atoms with van der Waals surface area (Å²) in [7, 11) is 0. The number of rotatable bonds is 3. The lowest BCUT2D eigenvalue weighted by atomic mass is 9.73. The highest BCUT2D eigenvalue weighted by Crippen LogP contribution is 2.48. The molecule has 5 rings (SSSR count). The van der Waals surface area contributed by atoms with Gasteiger partial charge in [0.25, 0.3) is 0 Å². The van der Waals surface area contributed by atoms with Crippen molar-refractivity contribution in [1.29, 1.82) is 0 Å². The summed E-state index contributed by atoms with van der Waals surface area (Å²) < 4.78 is 25.4. The summed E-state index contributed by atoms with van der Waals surface area (Å²) in [6.45, 7) is 0. The van der Waals surface area contributed by atoms with E-state index < -0.39 is 17.7 Å². The molecule has 1 heterocycles. The van der Waals surface area contributed by atoms with Crippen LogP contribution in [0.5, 0.6) is 5.75 Å². The van der Waals surface area contributed by atoms with Crippen LogP contribution in [0.2, 0.25) is 0 Å². The number of halogens is 1. The average Bonchev–Trinajstić information content (AvgIpc) is 2.78. The molecule has 162 valence electrons. The lowest BCUT2D eigenvalue weighted by molar-refractivity contribution is -0.117. The molecule has 6 heteroatoms. The second-order valence-electron chi connectivity index (χ2n) is 8.20. The van der Waals surface area contributed by atoms with Crippen LogP contribution in [0.25, 0.3) is 0 Å². The molecule has 0 aromatic heterocycles. The van der Waals surface area contributed by atoms with Crippen LogP contribution in [0.4, 0.5) is 4.39 Å². The van der Waals surface area contributed by atoms with E-state index in [2.05, 4.69) is 0 Å². The van der Waals surface area contributed by atoms with Crippen LogP contribution in [0, 0.1) is 5.82 Å². The van der Waals surface area contributed by atoms with E-state index in [0.717, 1.165) is 12.8 Å². The Morgan fingerprint density at radius 3 is 2.19 bits per heavy atom. The Bertz CT molecular complexity index is 1160. The fourth-order valence-corrected chi connectivity index (χ4v) is 4.70. The molecule has 0 atom stereocenters.